The molecular formula is C27H24FN5O3. The van der Waals surface area contributed by atoms with Crippen LogP contribution in [0.15, 0.2) is 84.0 Å². The number of nitrogens with zero attached hydrogens (tertiary/aromatic N) is 2. The molecule has 1 amide bonds. The molecule has 0 unspecified atom stereocenters. The average Bonchev–Trinajstić information content (AvgIpc) is 2.90. The molecule has 0 spiro atoms. The molecule has 0 atom stereocenters. The summed E-state index contributed by atoms with van der Waals surface area (Å²) >= 11 is 0. The van der Waals surface area contributed by atoms with E-state index in [0.29, 0.717) is 34.7 Å². The number of hydrogen-bond donors (Lipinski definition) is 3. The highest BCUT2D eigenvalue weighted by Gasteiger charge is 2.11. The molecule has 4 aromatic rings. The molecule has 0 aliphatic carbocycles. The molecule has 0 bridgehead atoms. The molecule has 0 fully saturated rings. The number of ether oxygens (including phenoxy) is 2. The molecule has 0 saturated carbocycles. The van der Waals surface area contributed by atoms with E-state index in [0.717, 1.165) is 11.3 Å². The van der Waals surface area contributed by atoms with Gasteiger partial charge in [-0.15, -0.1) is 0 Å². The molecule has 0 aliphatic heterocycles. The highest BCUT2D eigenvalue weighted by atomic mass is 19.1. The summed E-state index contributed by atoms with van der Waals surface area (Å²) in [5.41, 5.74) is 16.4. The molecule has 4 rings (SSSR count). The van der Waals surface area contributed by atoms with Crippen molar-refractivity contribution in [3.8, 4) is 17.0 Å². The van der Waals surface area contributed by atoms with Gasteiger partial charge in [0, 0.05) is 22.4 Å². The lowest BCUT2D eigenvalue weighted by atomic mass is 10.1. The Balaban J connectivity index is 1.38. The number of benzene rings is 3. The van der Waals surface area contributed by atoms with Crippen molar-refractivity contribution in [2.24, 2.45) is 5.11 Å². The highest BCUT2D eigenvalue weighted by molar-refractivity contribution is 6.04. The summed E-state index contributed by atoms with van der Waals surface area (Å²) in [7, 11) is 1.60. The number of nitrogens with one attached hydrogen (secondary N) is 2. The molecule has 1 heterocycles. The Hall–Kier alpha value is -4.63. The second-order valence-corrected chi connectivity index (χ2v) is 7.89. The smallest absolute Gasteiger partial charge is 0.255 e. The molecule has 3 aromatic carbocycles. The zero-order chi connectivity index (χ0) is 25.5. The van der Waals surface area contributed by atoms with Crippen LogP contribution in [-0.4, -0.2) is 18.0 Å². The number of aromatic nitrogens is 1. The first-order valence-electron chi connectivity index (χ1n) is 11.0. The minimum atomic E-state index is -0.476. The zero-order valence-corrected chi connectivity index (χ0v) is 19.5. The zero-order valence-electron chi connectivity index (χ0n) is 19.5. The molecule has 4 N–H and O–H groups in total. The summed E-state index contributed by atoms with van der Waals surface area (Å²) in [6.07, 6.45) is 0. The Morgan fingerprint density at radius 1 is 1.06 bits per heavy atom. The van der Waals surface area contributed by atoms with E-state index in [1.807, 2.05) is 24.3 Å². The monoisotopic (exact) mass is 485 g/mol. The molecule has 36 heavy (non-hydrogen) atoms. The third-order valence-corrected chi connectivity index (χ3v) is 5.44. The fourth-order valence-electron chi connectivity index (χ4n) is 3.49. The van der Waals surface area contributed by atoms with E-state index in [9.17, 15) is 9.18 Å². The summed E-state index contributed by atoms with van der Waals surface area (Å²) in [5, 5.41) is 6.01. The first kappa shape index (κ1) is 24.5. The SMILES string of the molecule is COc1ccc(COCc2ccc(NC(=O)c3cccc(-c4ccc(N=N)c(N)n4)c3)cc2F)cc1. The predicted octanol–water partition coefficient (Wildman–Crippen LogP) is 6.11. The van der Waals surface area contributed by atoms with Crippen molar-refractivity contribution in [2.45, 2.75) is 13.2 Å². The molecule has 182 valence electrons. The van der Waals surface area contributed by atoms with Crippen molar-refractivity contribution in [1.82, 2.24) is 4.98 Å². The van der Waals surface area contributed by atoms with Gasteiger partial charge in [-0.25, -0.2) is 14.9 Å². The number of methoxy groups -OCH3 is 1. The summed E-state index contributed by atoms with van der Waals surface area (Å²) in [5.74, 6) is 0.00745. The van der Waals surface area contributed by atoms with Crippen LogP contribution in [0.2, 0.25) is 0 Å². The Labute approximate surface area is 207 Å². The first-order chi connectivity index (χ1) is 17.5. The second-order valence-electron chi connectivity index (χ2n) is 7.89. The van der Waals surface area contributed by atoms with Gasteiger partial charge in [0.25, 0.3) is 5.91 Å². The van der Waals surface area contributed by atoms with E-state index in [1.54, 1.807) is 55.6 Å². The predicted molar refractivity (Wildman–Crippen MR) is 135 cm³/mol. The number of anilines is 2. The van der Waals surface area contributed by atoms with Crippen LogP contribution in [0, 0.1) is 11.3 Å². The summed E-state index contributed by atoms with van der Waals surface area (Å²) in [6.45, 7) is 0.427. The number of pyridine rings is 1. The fourth-order valence-corrected chi connectivity index (χ4v) is 3.49. The number of hydrogen-bond acceptors (Lipinski definition) is 7. The van der Waals surface area contributed by atoms with Crippen molar-refractivity contribution >= 4 is 23.1 Å². The van der Waals surface area contributed by atoms with Crippen molar-refractivity contribution in [3.05, 3.63) is 101 Å². The van der Waals surface area contributed by atoms with Crippen LogP contribution in [0.1, 0.15) is 21.5 Å². The van der Waals surface area contributed by atoms with E-state index >= 15 is 0 Å². The molecule has 8 nitrogen and oxygen atoms in total. The number of nitrogens with two attached hydrogens (primary N) is 1. The van der Waals surface area contributed by atoms with Gasteiger partial charge in [-0.3, -0.25) is 4.79 Å². The Bertz CT molecular complexity index is 1390. The second kappa shape index (κ2) is 11.2. The van der Waals surface area contributed by atoms with Gasteiger partial charge >= 0.3 is 0 Å². The summed E-state index contributed by atoms with van der Waals surface area (Å²) in [4.78, 5) is 17.0. The fraction of sp³-hybridized carbons (Fsp3) is 0.111. The quantitative estimate of drug-likeness (QED) is 0.247. The Morgan fingerprint density at radius 3 is 2.56 bits per heavy atom. The van der Waals surface area contributed by atoms with Crippen molar-refractivity contribution in [3.63, 3.8) is 0 Å². The molecular weight excluding hydrogens is 461 g/mol. The van der Waals surface area contributed by atoms with Crippen LogP contribution in [-0.2, 0) is 18.0 Å². The minimum Gasteiger partial charge on any atom is -0.497 e. The van der Waals surface area contributed by atoms with Crippen LogP contribution in [0.3, 0.4) is 0 Å². The van der Waals surface area contributed by atoms with Gasteiger partial charge in [-0.1, -0.05) is 30.3 Å². The molecule has 0 radical (unpaired) electrons. The molecule has 9 heteroatoms. The number of nitrogen functional groups attached to an aromatic ring is 1. The van der Waals surface area contributed by atoms with Crippen LogP contribution >= 0.6 is 0 Å². The van der Waals surface area contributed by atoms with Crippen LogP contribution in [0.25, 0.3) is 11.3 Å². The van der Waals surface area contributed by atoms with Crippen molar-refractivity contribution in [2.75, 3.05) is 18.2 Å². The third-order valence-electron chi connectivity index (χ3n) is 5.44. The number of rotatable bonds is 9. The van der Waals surface area contributed by atoms with Crippen LogP contribution < -0.4 is 15.8 Å². The topological polar surface area (TPSA) is 123 Å². The van der Waals surface area contributed by atoms with Gasteiger partial charge in [0.15, 0.2) is 5.82 Å². The van der Waals surface area contributed by atoms with Crippen molar-refractivity contribution in [1.29, 1.82) is 5.53 Å². The largest absolute Gasteiger partial charge is 0.497 e. The van der Waals surface area contributed by atoms with Gasteiger partial charge < -0.3 is 20.5 Å². The summed E-state index contributed by atoms with van der Waals surface area (Å²) in [6, 6.07) is 22.0. The average molecular weight is 486 g/mol. The van der Waals surface area contributed by atoms with Crippen LogP contribution in [0.4, 0.5) is 21.6 Å². The lowest BCUT2D eigenvalue weighted by Gasteiger charge is -2.10. The van der Waals surface area contributed by atoms with Gasteiger partial charge in [0.1, 0.15) is 17.3 Å². The van der Waals surface area contributed by atoms with E-state index in [1.165, 1.54) is 6.07 Å². The maximum absolute atomic E-state index is 14.6. The van der Waals surface area contributed by atoms with Gasteiger partial charge in [0.2, 0.25) is 0 Å². The van der Waals surface area contributed by atoms with E-state index < -0.39 is 11.7 Å². The standard InChI is InChI=1S/C27H24FN5O3/c1-35-22-9-5-17(6-10-22)15-36-16-20-7-8-21(14-23(20)28)31-27(34)19-4-2-3-18(13-19)24-11-12-25(33-30)26(29)32-24/h2-14,30H,15-16H2,1H3,(H2,29,32)(H,31,34). The normalized spacial score (nSPS) is 10.6. The van der Waals surface area contributed by atoms with E-state index in [2.05, 4.69) is 15.4 Å². The molecule has 1 aromatic heterocycles. The van der Waals surface area contributed by atoms with E-state index in [4.69, 9.17) is 20.7 Å². The maximum atomic E-state index is 14.6. The maximum Gasteiger partial charge on any atom is 0.255 e. The van der Waals surface area contributed by atoms with Crippen LogP contribution in [0.5, 0.6) is 5.75 Å². The van der Waals surface area contributed by atoms with Gasteiger partial charge in [0.05, 0.1) is 26.0 Å². The lowest BCUT2D eigenvalue weighted by Crippen LogP contribution is -2.12. The lowest BCUT2D eigenvalue weighted by molar-refractivity contribution is 0.102. The molecule has 0 saturated heterocycles. The van der Waals surface area contributed by atoms with Crippen molar-refractivity contribution < 1.29 is 18.7 Å². The third kappa shape index (κ3) is 5.89. The van der Waals surface area contributed by atoms with Gasteiger partial charge in [-0.2, -0.15) is 5.11 Å². The Kier molecular flexibility index (Phi) is 7.62. The number of halogens is 1. The first-order valence-corrected chi connectivity index (χ1v) is 11.0. The van der Waals surface area contributed by atoms with Gasteiger partial charge in [-0.05, 0) is 54.1 Å². The Morgan fingerprint density at radius 2 is 1.86 bits per heavy atom. The molecule has 0 aliphatic rings. The minimum absolute atomic E-state index is 0.0938. The number of carbonyl (C=O) groups is 1. The summed E-state index contributed by atoms with van der Waals surface area (Å²) < 4.78 is 25.4. The highest BCUT2D eigenvalue weighted by Crippen LogP contribution is 2.26. The number of amides is 1. The van der Waals surface area contributed by atoms with E-state index in [-0.39, 0.29) is 18.1 Å². The number of carbonyl (C=O) groups excluding carboxylic acids is 1.